The SMILES string of the molecule is COc1ccc(-n2nnc(NCc3c(-c4ccc(O[C@H]5CCC[C@H](C(=O)O)C5)c(C)n4)nnn3C)n2)cc1. The largest absolute Gasteiger partial charge is 0.497 e. The number of nitrogens with one attached hydrogen (secondary N) is 1. The first-order valence-corrected chi connectivity index (χ1v) is 12.4. The van der Waals surface area contributed by atoms with Crippen molar-refractivity contribution in [1.82, 2.24) is 40.2 Å². The molecule has 0 radical (unpaired) electrons. The lowest BCUT2D eigenvalue weighted by atomic mass is 9.87. The van der Waals surface area contributed by atoms with Crippen LogP contribution >= 0.6 is 0 Å². The zero-order valence-corrected chi connectivity index (χ0v) is 21.4. The number of ether oxygens (including phenoxy) is 2. The molecule has 2 N–H and O–H groups in total. The molecule has 0 unspecified atom stereocenters. The highest BCUT2D eigenvalue weighted by Crippen LogP contribution is 2.30. The molecule has 2 atom stereocenters. The molecule has 4 aromatic rings. The van der Waals surface area contributed by atoms with Crippen LogP contribution in [0.25, 0.3) is 17.1 Å². The number of methoxy groups -OCH3 is 1. The van der Waals surface area contributed by atoms with Crippen molar-refractivity contribution in [2.75, 3.05) is 12.4 Å². The molecular formula is C25H29N9O4. The van der Waals surface area contributed by atoms with Gasteiger partial charge in [-0.2, -0.15) is 0 Å². The number of pyridine rings is 1. The van der Waals surface area contributed by atoms with Crippen molar-refractivity contribution in [2.45, 2.75) is 45.3 Å². The normalized spacial score (nSPS) is 17.2. The Hall–Kier alpha value is -4.55. The zero-order valence-electron chi connectivity index (χ0n) is 21.4. The fourth-order valence-corrected chi connectivity index (χ4v) is 4.51. The fraction of sp³-hybridized carbons (Fsp3) is 0.400. The Kier molecular flexibility index (Phi) is 7.15. The van der Waals surface area contributed by atoms with Crippen LogP contribution in [0.2, 0.25) is 0 Å². The zero-order chi connectivity index (χ0) is 26.6. The Bertz CT molecular complexity index is 1420. The van der Waals surface area contributed by atoms with E-state index in [-0.39, 0.29) is 12.0 Å². The van der Waals surface area contributed by atoms with Crippen LogP contribution in [0, 0.1) is 12.8 Å². The Balaban J connectivity index is 1.27. The number of hydrogen-bond donors (Lipinski definition) is 2. The van der Waals surface area contributed by atoms with Gasteiger partial charge >= 0.3 is 5.97 Å². The summed E-state index contributed by atoms with van der Waals surface area (Å²) >= 11 is 0. The summed E-state index contributed by atoms with van der Waals surface area (Å²) in [5.41, 5.74) is 3.53. The van der Waals surface area contributed by atoms with E-state index in [0.717, 1.165) is 30.0 Å². The summed E-state index contributed by atoms with van der Waals surface area (Å²) in [6, 6.07) is 11.0. The van der Waals surface area contributed by atoms with E-state index >= 15 is 0 Å². The number of carbonyl (C=O) groups is 1. The van der Waals surface area contributed by atoms with Crippen LogP contribution in [0.15, 0.2) is 36.4 Å². The molecule has 13 nitrogen and oxygen atoms in total. The lowest BCUT2D eigenvalue weighted by Gasteiger charge is -2.27. The van der Waals surface area contributed by atoms with Gasteiger partial charge in [0, 0.05) is 7.05 Å². The minimum Gasteiger partial charge on any atom is -0.497 e. The van der Waals surface area contributed by atoms with Crippen LogP contribution in [0.1, 0.15) is 37.1 Å². The number of hydrogen-bond acceptors (Lipinski definition) is 10. The average molecular weight is 520 g/mol. The van der Waals surface area contributed by atoms with E-state index in [4.69, 9.17) is 14.5 Å². The van der Waals surface area contributed by atoms with Gasteiger partial charge < -0.3 is 19.9 Å². The highest BCUT2D eigenvalue weighted by atomic mass is 16.5. The molecule has 3 heterocycles. The van der Waals surface area contributed by atoms with Gasteiger partial charge in [-0.05, 0) is 74.2 Å². The van der Waals surface area contributed by atoms with Crippen molar-refractivity contribution >= 4 is 11.9 Å². The van der Waals surface area contributed by atoms with E-state index in [1.807, 2.05) is 43.3 Å². The number of aryl methyl sites for hydroxylation is 2. The third-order valence-corrected chi connectivity index (χ3v) is 6.62. The van der Waals surface area contributed by atoms with E-state index < -0.39 is 5.97 Å². The highest BCUT2D eigenvalue weighted by molar-refractivity contribution is 5.70. The fourth-order valence-electron chi connectivity index (χ4n) is 4.51. The van der Waals surface area contributed by atoms with Crippen LogP contribution in [0.3, 0.4) is 0 Å². The number of carboxylic acid groups (broad SMARTS) is 1. The van der Waals surface area contributed by atoms with Gasteiger partial charge in [0.15, 0.2) is 0 Å². The summed E-state index contributed by atoms with van der Waals surface area (Å²) in [4.78, 5) is 17.5. The summed E-state index contributed by atoms with van der Waals surface area (Å²) in [5.74, 6) is 0.627. The quantitative estimate of drug-likeness (QED) is 0.335. The Morgan fingerprint density at radius 2 is 1.95 bits per heavy atom. The van der Waals surface area contributed by atoms with Crippen molar-refractivity contribution < 1.29 is 19.4 Å². The minimum atomic E-state index is -0.759. The number of nitrogens with zero attached hydrogens (tertiary/aromatic N) is 8. The molecule has 38 heavy (non-hydrogen) atoms. The summed E-state index contributed by atoms with van der Waals surface area (Å²) in [6.45, 7) is 2.22. The van der Waals surface area contributed by atoms with Crippen LogP contribution in [0.4, 0.5) is 5.95 Å². The number of aromatic nitrogens is 8. The van der Waals surface area contributed by atoms with Gasteiger partial charge in [0.2, 0.25) is 0 Å². The first-order valence-electron chi connectivity index (χ1n) is 12.4. The second-order valence-corrected chi connectivity index (χ2v) is 9.18. The maximum Gasteiger partial charge on any atom is 0.306 e. The molecule has 0 amide bonds. The third kappa shape index (κ3) is 5.41. The van der Waals surface area contributed by atoms with E-state index in [9.17, 15) is 9.90 Å². The second kappa shape index (κ2) is 10.8. The Morgan fingerprint density at radius 1 is 1.13 bits per heavy atom. The Labute approximate surface area is 218 Å². The number of tetrazole rings is 1. The van der Waals surface area contributed by atoms with Crippen molar-refractivity contribution in [3.05, 3.63) is 47.8 Å². The third-order valence-electron chi connectivity index (χ3n) is 6.62. The molecule has 13 heteroatoms. The molecule has 0 spiro atoms. The van der Waals surface area contributed by atoms with Crippen molar-refractivity contribution in [3.8, 4) is 28.6 Å². The minimum absolute atomic E-state index is 0.133. The van der Waals surface area contributed by atoms with Gasteiger partial charge in [-0.1, -0.05) is 10.3 Å². The van der Waals surface area contributed by atoms with Gasteiger partial charge in [-0.3, -0.25) is 4.79 Å². The van der Waals surface area contributed by atoms with Gasteiger partial charge in [0.25, 0.3) is 5.95 Å². The van der Waals surface area contributed by atoms with Gasteiger partial charge in [-0.25, -0.2) is 9.67 Å². The summed E-state index contributed by atoms with van der Waals surface area (Å²) < 4.78 is 13.0. The van der Waals surface area contributed by atoms with E-state index in [1.165, 1.54) is 4.80 Å². The highest BCUT2D eigenvalue weighted by Gasteiger charge is 2.28. The maximum atomic E-state index is 11.4. The summed E-state index contributed by atoms with van der Waals surface area (Å²) in [6.07, 6.45) is 2.74. The first-order chi connectivity index (χ1) is 18.4. The second-order valence-electron chi connectivity index (χ2n) is 9.18. The molecule has 0 bridgehead atoms. The standard InChI is InChI=1S/C25H29N9O4/c1-15-22(38-19-6-4-5-16(13-19)24(35)36)12-11-20(27-15)23-21(33(2)31-28-23)14-26-25-29-32-34(30-25)17-7-9-18(37-3)10-8-17/h7-12,16,19H,4-6,13-14H2,1-3H3,(H,26,30)(H,35,36)/t16-,19-/m0/s1. The topological polar surface area (TPSA) is 155 Å². The van der Waals surface area contributed by atoms with Crippen molar-refractivity contribution in [3.63, 3.8) is 0 Å². The molecular weight excluding hydrogens is 490 g/mol. The van der Waals surface area contributed by atoms with Gasteiger partial charge in [-0.15, -0.1) is 15.0 Å². The lowest BCUT2D eigenvalue weighted by Crippen LogP contribution is -2.29. The summed E-state index contributed by atoms with van der Waals surface area (Å²) in [7, 11) is 3.42. The molecule has 198 valence electrons. The molecule has 1 saturated carbocycles. The van der Waals surface area contributed by atoms with Crippen LogP contribution in [0.5, 0.6) is 11.5 Å². The molecule has 1 fully saturated rings. The first kappa shape index (κ1) is 25.1. The van der Waals surface area contributed by atoms with E-state index in [1.54, 1.807) is 18.8 Å². The number of aliphatic carboxylic acids is 1. The van der Waals surface area contributed by atoms with E-state index in [0.29, 0.717) is 48.2 Å². The molecule has 0 saturated heterocycles. The number of benzene rings is 1. The molecule has 0 aliphatic heterocycles. The molecule has 3 aromatic heterocycles. The number of rotatable bonds is 9. The molecule has 1 aromatic carbocycles. The molecule has 1 aliphatic carbocycles. The predicted molar refractivity (Wildman–Crippen MR) is 136 cm³/mol. The Morgan fingerprint density at radius 3 is 2.68 bits per heavy atom. The van der Waals surface area contributed by atoms with Crippen molar-refractivity contribution in [1.29, 1.82) is 0 Å². The smallest absolute Gasteiger partial charge is 0.306 e. The van der Waals surface area contributed by atoms with Crippen LogP contribution in [-0.4, -0.2) is 64.5 Å². The van der Waals surface area contributed by atoms with Gasteiger partial charge in [0.05, 0.1) is 48.4 Å². The van der Waals surface area contributed by atoms with Crippen LogP contribution in [-0.2, 0) is 18.4 Å². The monoisotopic (exact) mass is 519 g/mol. The number of carboxylic acids is 1. The summed E-state index contributed by atoms with van der Waals surface area (Å²) in [5, 5.41) is 33.6. The number of anilines is 1. The lowest BCUT2D eigenvalue weighted by molar-refractivity contribution is -0.143. The van der Waals surface area contributed by atoms with Gasteiger partial charge in [0.1, 0.15) is 17.2 Å². The molecule has 1 aliphatic rings. The van der Waals surface area contributed by atoms with Crippen LogP contribution < -0.4 is 14.8 Å². The maximum absolute atomic E-state index is 11.4. The average Bonchev–Trinajstić information content (AvgIpc) is 3.55. The van der Waals surface area contributed by atoms with E-state index in [2.05, 4.69) is 31.0 Å². The molecule has 5 rings (SSSR count). The van der Waals surface area contributed by atoms with Crippen molar-refractivity contribution in [2.24, 2.45) is 13.0 Å². The predicted octanol–water partition coefficient (Wildman–Crippen LogP) is 2.80.